The number of hydrogen-bond acceptors (Lipinski definition) is 7. The number of nitrogens with zero attached hydrogens (tertiary/aromatic N) is 3. The molecule has 1 N–H and O–H groups in total. The Bertz CT molecular complexity index is 788. The second kappa shape index (κ2) is 10.3. The first-order chi connectivity index (χ1) is 13.6. The van der Waals surface area contributed by atoms with E-state index in [9.17, 15) is 4.79 Å². The van der Waals surface area contributed by atoms with E-state index in [0.717, 1.165) is 18.0 Å². The van der Waals surface area contributed by atoms with E-state index in [4.69, 9.17) is 4.74 Å². The molecule has 1 aromatic heterocycles. The van der Waals surface area contributed by atoms with Crippen LogP contribution in [0, 0.1) is 5.92 Å². The number of ether oxygens (including phenoxy) is 1. The Hall–Kier alpha value is -2.25. The van der Waals surface area contributed by atoms with Gasteiger partial charge >= 0.3 is 5.97 Å². The molecular formula is C21H28N4O2S. The van der Waals surface area contributed by atoms with Crippen LogP contribution in [-0.2, 0) is 22.5 Å². The lowest BCUT2D eigenvalue weighted by atomic mass is 10.00. The highest BCUT2D eigenvalue weighted by atomic mass is 32.1. The van der Waals surface area contributed by atoms with E-state index in [1.807, 2.05) is 5.38 Å². The van der Waals surface area contributed by atoms with Crippen molar-refractivity contribution in [2.45, 2.75) is 39.7 Å². The number of nitrogens with one attached hydrogen (secondary N) is 1. The van der Waals surface area contributed by atoms with Crippen LogP contribution in [0.1, 0.15) is 43.5 Å². The van der Waals surface area contributed by atoms with E-state index in [1.54, 1.807) is 13.1 Å². The highest BCUT2D eigenvalue weighted by Crippen LogP contribution is 2.18. The van der Waals surface area contributed by atoms with E-state index >= 15 is 0 Å². The van der Waals surface area contributed by atoms with Gasteiger partial charge in [0.15, 0.2) is 0 Å². The number of aromatic nitrogens is 1. The smallest absolute Gasteiger partial charge is 0.311 e. The number of piperidine rings is 1. The highest BCUT2D eigenvalue weighted by Gasteiger charge is 2.16. The summed E-state index contributed by atoms with van der Waals surface area (Å²) in [5.74, 6) is 0.539. The van der Waals surface area contributed by atoms with Crippen molar-refractivity contribution in [3.8, 4) is 0 Å². The van der Waals surface area contributed by atoms with Crippen LogP contribution in [0.5, 0.6) is 0 Å². The number of hydrogen-bond donors (Lipinski definition) is 1. The molecule has 6 nitrogen and oxygen atoms in total. The molecule has 1 aliphatic rings. The monoisotopic (exact) mass is 400 g/mol. The predicted octanol–water partition coefficient (Wildman–Crippen LogP) is 3.93. The molecule has 1 aliphatic heterocycles. The topological polar surface area (TPSA) is 66.8 Å². The summed E-state index contributed by atoms with van der Waals surface area (Å²) in [4.78, 5) is 18.4. The maximum Gasteiger partial charge on any atom is 0.311 e. The first-order valence-electron chi connectivity index (χ1n) is 9.82. The van der Waals surface area contributed by atoms with Gasteiger partial charge in [-0.3, -0.25) is 15.1 Å². The minimum atomic E-state index is -0.262. The molecule has 3 rings (SSSR count). The lowest BCUT2D eigenvalue weighted by Gasteiger charge is -2.30. The van der Waals surface area contributed by atoms with Gasteiger partial charge in [-0.25, -0.2) is 4.98 Å². The van der Waals surface area contributed by atoms with E-state index in [0.29, 0.717) is 17.4 Å². The minimum absolute atomic E-state index is 0.187. The first-order valence-corrected chi connectivity index (χ1v) is 10.7. The third kappa shape index (κ3) is 6.42. The van der Waals surface area contributed by atoms with E-state index in [-0.39, 0.29) is 12.4 Å². The number of rotatable bonds is 8. The summed E-state index contributed by atoms with van der Waals surface area (Å²) in [6, 6.07) is 8.51. The average Bonchev–Trinajstić information content (AvgIpc) is 3.10. The summed E-state index contributed by atoms with van der Waals surface area (Å²) in [7, 11) is 0. The summed E-state index contributed by atoms with van der Waals surface area (Å²) < 4.78 is 4.93. The van der Waals surface area contributed by atoms with Gasteiger partial charge in [-0.05, 0) is 43.4 Å². The second-order valence-electron chi connectivity index (χ2n) is 7.22. The van der Waals surface area contributed by atoms with Crippen LogP contribution < -0.4 is 5.43 Å². The van der Waals surface area contributed by atoms with Gasteiger partial charge < -0.3 is 4.74 Å². The highest BCUT2D eigenvalue weighted by molar-refractivity contribution is 7.13. The van der Waals surface area contributed by atoms with Crippen LogP contribution in [0.25, 0.3) is 0 Å². The largest absolute Gasteiger partial charge is 0.466 e. The van der Waals surface area contributed by atoms with Gasteiger partial charge in [-0.1, -0.05) is 31.2 Å². The number of esters is 1. The van der Waals surface area contributed by atoms with Gasteiger partial charge in [0.05, 0.1) is 24.9 Å². The lowest BCUT2D eigenvalue weighted by molar-refractivity contribution is -0.142. The Balaban J connectivity index is 1.47. The van der Waals surface area contributed by atoms with Gasteiger partial charge in [-0.2, -0.15) is 5.10 Å². The molecule has 1 aromatic carbocycles. The normalized spacial score (nSPS) is 17.7. The first kappa shape index (κ1) is 20.5. The fourth-order valence-corrected chi connectivity index (χ4v) is 4.02. The van der Waals surface area contributed by atoms with Crippen molar-refractivity contribution < 1.29 is 9.53 Å². The third-order valence-corrected chi connectivity index (χ3v) is 5.48. The molecule has 1 saturated heterocycles. The molecule has 2 heterocycles. The van der Waals surface area contributed by atoms with Crippen molar-refractivity contribution in [3.63, 3.8) is 0 Å². The fraction of sp³-hybridized carbons (Fsp3) is 0.476. The summed E-state index contributed by atoms with van der Waals surface area (Å²) in [5, 5.41) is 6.74. The number of carbonyl (C=O) groups excluding carboxylic acids is 1. The number of hydrazone groups is 1. The Morgan fingerprint density at radius 2 is 2.25 bits per heavy atom. The molecule has 28 heavy (non-hydrogen) atoms. The number of benzene rings is 1. The molecule has 0 radical (unpaired) electrons. The Labute approximate surface area is 170 Å². The van der Waals surface area contributed by atoms with Gasteiger partial charge in [0.25, 0.3) is 0 Å². The minimum Gasteiger partial charge on any atom is -0.466 e. The number of likely N-dealkylation sites (tertiary alicyclic amines) is 1. The zero-order valence-corrected chi connectivity index (χ0v) is 17.4. The zero-order valence-electron chi connectivity index (χ0n) is 16.6. The van der Waals surface area contributed by atoms with Gasteiger partial charge in [0.1, 0.15) is 0 Å². The quantitative estimate of drug-likeness (QED) is 0.413. The Kier molecular flexibility index (Phi) is 7.56. The molecule has 0 spiro atoms. The van der Waals surface area contributed by atoms with Crippen molar-refractivity contribution >= 4 is 28.7 Å². The number of anilines is 1. The van der Waals surface area contributed by atoms with Crippen LogP contribution in [0.4, 0.5) is 5.13 Å². The molecule has 0 aliphatic carbocycles. The summed E-state index contributed by atoms with van der Waals surface area (Å²) >= 11 is 1.42. The van der Waals surface area contributed by atoms with Crippen LogP contribution in [-0.4, -0.2) is 41.8 Å². The van der Waals surface area contributed by atoms with Gasteiger partial charge in [-0.15, -0.1) is 11.3 Å². The van der Waals surface area contributed by atoms with Gasteiger partial charge in [0.2, 0.25) is 5.13 Å². The summed E-state index contributed by atoms with van der Waals surface area (Å²) in [5.41, 5.74) is 5.98. The average molecular weight is 401 g/mol. The van der Waals surface area contributed by atoms with Crippen LogP contribution >= 0.6 is 11.3 Å². The molecule has 0 amide bonds. The maximum atomic E-state index is 11.5. The molecule has 1 atom stereocenters. The Morgan fingerprint density at radius 3 is 3.00 bits per heavy atom. The van der Waals surface area contributed by atoms with Crippen LogP contribution in [0.15, 0.2) is 34.7 Å². The van der Waals surface area contributed by atoms with Crippen molar-refractivity contribution in [1.29, 1.82) is 0 Å². The Morgan fingerprint density at radius 1 is 1.43 bits per heavy atom. The van der Waals surface area contributed by atoms with E-state index in [2.05, 4.69) is 51.6 Å². The molecule has 1 fully saturated rings. The zero-order chi connectivity index (χ0) is 19.8. The lowest BCUT2D eigenvalue weighted by Crippen LogP contribution is -2.33. The van der Waals surface area contributed by atoms with Crippen molar-refractivity contribution in [3.05, 3.63) is 46.5 Å². The number of carbonyl (C=O) groups is 1. The third-order valence-electron chi connectivity index (χ3n) is 4.68. The SMILES string of the molecule is CCOC(=O)Cc1csc(NN=Cc2ccc(CN3CCCC(C)C3)cc2)n1. The summed E-state index contributed by atoms with van der Waals surface area (Å²) in [6.07, 6.45) is 4.62. The predicted molar refractivity (Wildman–Crippen MR) is 114 cm³/mol. The standard InChI is InChI=1S/C21H28N4O2S/c1-3-27-20(26)11-19-15-28-21(23-19)24-22-12-17-6-8-18(9-7-17)14-25-10-4-5-16(2)13-25/h6-9,12,15-16H,3-5,10-11,13-14H2,1-2H3,(H,23,24). The summed E-state index contributed by atoms with van der Waals surface area (Å²) in [6.45, 7) is 7.92. The molecule has 0 bridgehead atoms. The van der Waals surface area contributed by atoms with Crippen molar-refractivity contribution in [1.82, 2.24) is 9.88 Å². The molecule has 2 aromatic rings. The molecule has 150 valence electrons. The molecule has 7 heteroatoms. The van der Waals surface area contributed by atoms with E-state index in [1.165, 1.54) is 42.8 Å². The van der Waals surface area contributed by atoms with Crippen molar-refractivity contribution in [2.24, 2.45) is 11.0 Å². The fourth-order valence-electron chi connectivity index (χ4n) is 3.36. The number of thiazole rings is 1. The molecular weight excluding hydrogens is 372 g/mol. The second-order valence-corrected chi connectivity index (χ2v) is 8.08. The van der Waals surface area contributed by atoms with Crippen LogP contribution in [0.3, 0.4) is 0 Å². The van der Waals surface area contributed by atoms with Gasteiger partial charge in [0, 0.05) is 18.5 Å². The van der Waals surface area contributed by atoms with E-state index < -0.39 is 0 Å². The molecule has 0 saturated carbocycles. The van der Waals surface area contributed by atoms with Crippen LogP contribution in [0.2, 0.25) is 0 Å². The molecule has 1 unspecified atom stereocenters. The maximum absolute atomic E-state index is 11.5. The van der Waals surface area contributed by atoms with Crippen molar-refractivity contribution in [2.75, 3.05) is 25.1 Å².